The van der Waals surface area contributed by atoms with Gasteiger partial charge in [0.25, 0.3) is 5.69 Å². The number of hydrogen-bond donors (Lipinski definition) is 0. The number of nitrogens with zero attached hydrogens (tertiary/aromatic N) is 1. The van der Waals surface area contributed by atoms with Gasteiger partial charge in [0.15, 0.2) is 6.79 Å². The minimum atomic E-state index is -0.559. The molecule has 0 saturated carbocycles. The Morgan fingerprint density at radius 3 is 2.57 bits per heavy atom. The van der Waals surface area contributed by atoms with E-state index in [0.29, 0.717) is 5.75 Å². The molecule has 2 aromatic carbocycles. The zero-order valence-corrected chi connectivity index (χ0v) is 18.6. The minimum Gasteiger partial charge on any atom is -0.488 e. The molecule has 1 unspecified atom stereocenters. The van der Waals surface area contributed by atoms with E-state index in [2.05, 4.69) is 0 Å². The highest BCUT2D eigenvalue weighted by Crippen LogP contribution is 2.44. The molecule has 30 heavy (non-hydrogen) atoms. The number of benzene rings is 2. The molecule has 2 aromatic rings. The van der Waals surface area contributed by atoms with Crippen molar-refractivity contribution in [1.29, 1.82) is 0 Å². The Bertz CT molecular complexity index is 977. The predicted octanol–water partition coefficient (Wildman–Crippen LogP) is 5.32. The van der Waals surface area contributed by atoms with Crippen LogP contribution in [0.1, 0.15) is 35.6 Å². The van der Waals surface area contributed by atoms with Gasteiger partial charge >= 0.3 is 0 Å². The average molecular weight is 436 g/mol. The van der Waals surface area contributed by atoms with Crippen LogP contribution < -0.4 is 14.2 Å². The molecule has 1 aliphatic rings. The molecule has 3 rings (SSSR count). The summed E-state index contributed by atoms with van der Waals surface area (Å²) in [6.45, 7) is 8.53. The fourth-order valence-corrected chi connectivity index (χ4v) is 3.90. The van der Waals surface area contributed by atoms with Gasteiger partial charge in [0.05, 0.1) is 9.95 Å². The van der Waals surface area contributed by atoms with Gasteiger partial charge in [-0.25, -0.2) is 0 Å². The van der Waals surface area contributed by atoms with E-state index in [4.69, 9.17) is 30.5 Å². The molecule has 8 heteroatoms. The lowest BCUT2D eigenvalue weighted by Gasteiger charge is -2.38. The molecule has 1 atom stereocenters. The average Bonchev–Trinajstić information content (AvgIpc) is 2.71. The zero-order valence-electron chi connectivity index (χ0n) is 17.8. The number of hydrogen-bond acceptors (Lipinski definition) is 6. The lowest BCUT2D eigenvalue weighted by Crippen LogP contribution is -2.42. The highest BCUT2D eigenvalue weighted by molar-refractivity contribution is 6.32. The number of ether oxygens (including phenoxy) is 4. The summed E-state index contributed by atoms with van der Waals surface area (Å²) in [4.78, 5) is 10.4. The third-order valence-corrected chi connectivity index (χ3v) is 5.84. The Morgan fingerprint density at radius 1 is 1.20 bits per heavy atom. The number of rotatable bonds is 7. The number of halogens is 1. The fourth-order valence-electron chi connectivity index (χ4n) is 3.67. The third kappa shape index (κ3) is 4.32. The molecule has 0 fully saturated rings. The molecule has 162 valence electrons. The number of methoxy groups -OCH3 is 1. The van der Waals surface area contributed by atoms with Gasteiger partial charge in [0.1, 0.15) is 29.5 Å². The molecule has 0 aliphatic carbocycles. The van der Waals surface area contributed by atoms with Gasteiger partial charge in [-0.1, -0.05) is 11.6 Å². The number of nitro benzene ring substituents is 1. The molecule has 0 spiro atoms. The molecule has 0 amide bonds. The molecule has 0 radical (unpaired) electrons. The lowest BCUT2D eigenvalue weighted by atomic mass is 9.87. The van der Waals surface area contributed by atoms with Crippen LogP contribution in [0, 0.1) is 30.9 Å². The largest absolute Gasteiger partial charge is 0.488 e. The van der Waals surface area contributed by atoms with Crippen molar-refractivity contribution >= 4 is 17.3 Å². The number of non-ortho nitro benzene ring substituents is 1. The van der Waals surface area contributed by atoms with Gasteiger partial charge in [0.2, 0.25) is 0 Å². The maximum Gasteiger partial charge on any atom is 0.271 e. The Balaban J connectivity index is 1.81. The second-order valence-corrected chi connectivity index (χ2v) is 8.18. The molecule has 1 aliphatic heterocycles. The Morgan fingerprint density at radius 2 is 1.93 bits per heavy atom. The summed E-state index contributed by atoms with van der Waals surface area (Å²) in [7, 11) is 1.60. The first-order valence-corrected chi connectivity index (χ1v) is 10.0. The second-order valence-electron chi connectivity index (χ2n) is 7.78. The van der Waals surface area contributed by atoms with E-state index in [-0.39, 0.29) is 24.1 Å². The van der Waals surface area contributed by atoms with Crippen LogP contribution in [0.2, 0.25) is 5.02 Å². The first-order valence-electron chi connectivity index (χ1n) is 9.67. The van der Waals surface area contributed by atoms with E-state index in [0.717, 1.165) is 46.6 Å². The van der Waals surface area contributed by atoms with Crippen molar-refractivity contribution in [2.24, 2.45) is 0 Å². The van der Waals surface area contributed by atoms with Crippen molar-refractivity contribution < 1.29 is 23.9 Å². The van der Waals surface area contributed by atoms with Crippen molar-refractivity contribution in [3.63, 3.8) is 0 Å². The maximum absolute atomic E-state index is 10.9. The Hall–Kier alpha value is -2.51. The molecule has 0 saturated heterocycles. The maximum atomic E-state index is 10.9. The third-order valence-electron chi connectivity index (χ3n) is 5.54. The van der Waals surface area contributed by atoms with Gasteiger partial charge < -0.3 is 18.9 Å². The molecule has 7 nitrogen and oxygen atoms in total. The summed E-state index contributed by atoms with van der Waals surface area (Å²) >= 11 is 6.15. The highest BCUT2D eigenvalue weighted by Gasteiger charge is 2.36. The predicted molar refractivity (Wildman–Crippen MR) is 114 cm³/mol. The summed E-state index contributed by atoms with van der Waals surface area (Å²) in [5, 5.41) is 11.1. The molecular weight excluding hydrogens is 410 g/mol. The van der Waals surface area contributed by atoms with Crippen LogP contribution in [0.5, 0.6) is 17.2 Å². The highest BCUT2D eigenvalue weighted by atomic mass is 35.5. The van der Waals surface area contributed by atoms with Crippen molar-refractivity contribution in [2.45, 2.75) is 46.1 Å². The molecule has 0 N–H and O–H groups in total. The zero-order chi connectivity index (χ0) is 22.1. The Labute approximate surface area is 181 Å². The summed E-state index contributed by atoms with van der Waals surface area (Å²) in [6, 6.07) is 4.17. The first kappa shape index (κ1) is 22.2. The van der Waals surface area contributed by atoms with Crippen LogP contribution in [0.25, 0.3) is 0 Å². The van der Waals surface area contributed by atoms with Crippen molar-refractivity contribution in [3.05, 3.63) is 55.6 Å². The van der Waals surface area contributed by atoms with Crippen LogP contribution in [-0.4, -0.2) is 31.0 Å². The summed E-state index contributed by atoms with van der Waals surface area (Å²) in [6.07, 6.45) is 1.57. The number of nitro groups is 1. The topological polar surface area (TPSA) is 80.1 Å². The molecule has 1 heterocycles. The van der Waals surface area contributed by atoms with Gasteiger partial charge in [-0.05, 0) is 63.3 Å². The van der Waals surface area contributed by atoms with Crippen LogP contribution in [0.3, 0.4) is 0 Å². The first-order chi connectivity index (χ1) is 14.2. The van der Waals surface area contributed by atoms with Crippen LogP contribution >= 0.6 is 11.6 Å². The standard InChI is InChI=1S/C22H26ClNO6/c1-13-14(2)21-17(15(3)20(13)29-12-27-5)8-9-22(4,30-21)11-28-19-7-6-16(24(25)26)10-18(19)23/h6-7,10H,8-9,11-12H2,1-5H3. The van der Waals surface area contributed by atoms with Gasteiger partial charge in [-0.2, -0.15) is 0 Å². The van der Waals surface area contributed by atoms with Crippen molar-refractivity contribution in [1.82, 2.24) is 0 Å². The quantitative estimate of drug-likeness (QED) is 0.332. The van der Waals surface area contributed by atoms with Gasteiger partial charge in [0, 0.05) is 24.8 Å². The van der Waals surface area contributed by atoms with E-state index in [1.807, 2.05) is 27.7 Å². The second kappa shape index (κ2) is 8.70. The van der Waals surface area contributed by atoms with Crippen molar-refractivity contribution in [3.8, 4) is 17.2 Å². The Kier molecular flexibility index (Phi) is 6.43. The monoisotopic (exact) mass is 435 g/mol. The summed E-state index contributed by atoms with van der Waals surface area (Å²) in [5.41, 5.74) is 3.61. The van der Waals surface area contributed by atoms with Crippen LogP contribution in [0.4, 0.5) is 5.69 Å². The smallest absolute Gasteiger partial charge is 0.271 e. The normalized spacial score (nSPS) is 17.8. The SMILES string of the molecule is COCOc1c(C)c(C)c2c(c1C)CCC(C)(COc1ccc([N+](=O)[O-])cc1Cl)O2. The summed E-state index contributed by atoms with van der Waals surface area (Å²) < 4.78 is 23.2. The van der Waals surface area contributed by atoms with E-state index in [9.17, 15) is 10.1 Å². The van der Waals surface area contributed by atoms with Crippen molar-refractivity contribution in [2.75, 3.05) is 20.5 Å². The van der Waals surface area contributed by atoms with Crippen LogP contribution in [0.15, 0.2) is 18.2 Å². The van der Waals surface area contributed by atoms with E-state index >= 15 is 0 Å². The molecule has 0 aromatic heterocycles. The summed E-state index contributed by atoms with van der Waals surface area (Å²) in [5.74, 6) is 2.10. The van der Waals surface area contributed by atoms with E-state index < -0.39 is 10.5 Å². The van der Waals surface area contributed by atoms with Gasteiger partial charge in [-0.3, -0.25) is 10.1 Å². The molecular formula is C22H26ClNO6. The van der Waals surface area contributed by atoms with Crippen LogP contribution in [-0.2, 0) is 11.2 Å². The minimum absolute atomic E-state index is 0.0746. The van der Waals surface area contributed by atoms with E-state index in [1.54, 1.807) is 7.11 Å². The fraction of sp³-hybridized carbons (Fsp3) is 0.455. The molecule has 0 bridgehead atoms. The van der Waals surface area contributed by atoms with Gasteiger partial charge in [-0.15, -0.1) is 0 Å². The van der Waals surface area contributed by atoms with E-state index in [1.165, 1.54) is 18.2 Å². The number of fused-ring (bicyclic) bond motifs is 1. The lowest BCUT2D eigenvalue weighted by molar-refractivity contribution is -0.384.